The smallest absolute Gasteiger partial charge is 0.235 e. The molecule has 8 heteroatoms. The number of hydrogen-bond donors (Lipinski definition) is 1. The topological polar surface area (TPSA) is 72.0 Å². The van der Waals surface area contributed by atoms with Gasteiger partial charge >= 0.3 is 0 Å². The van der Waals surface area contributed by atoms with Gasteiger partial charge in [0.1, 0.15) is 12.1 Å². The van der Waals surface area contributed by atoms with Crippen LogP contribution in [0.5, 0.6) is 0 Å². The van der Waals surface area contributed by atoms with Crippen molar-refractivity contribution < 1.29 is 12.8 Å². The monoisotopic (exact) mass is 475 g/mol. The second-order valence-electron chi connectivity index (χ2n) is 7.39. The number of hydrogen-bond acceptors (Lipinski definition) is 5. The first kappa shape index (κ1) is 21.4. The molecule has 0 aliphatic heterocycles. The van der Waals surface area contributed by atoms with Crippen molar-refractivity contribution in [3.8, 4) is 21.7 Å². The highest BCUT2D eigenvalue weighted by molar-refractivity contribution is 7.89. The van der Waals surface area contributed by atoms with Crippen molar-refractivity contribution in [1.82, 2.24) is 14.7 Å². The number of sulfonamides is 1. The summed E-state index contributed by atoms with van der Waals surface area (Å²) in [5.41, 5.74) is 4.08. The maximum atomic E-state index is 13.3. The van der Waals surface area contributed by atoms with E-state index in [0.29, 0.717) is 0 Å². The quantitative estimate of drug-likeness (QED) is 0.345. The summed E-state index contributed by atoms with van der Waals surface area (Å²) in [4.78, 5) is 9.94. The van der Waals surface area contributed by atoms with Gasteiger partial charge in [-0.3, -0.25) is 0 Å². The molecule has 2 aromatic heterocycles. The summed E-state index contributed by atoms with van der Waals surface area (Å²) in [7, 11) is -3.65. The van der Waals surface area contributed by atoms with Gasteiger partial charge in [0.15, 0.2) is 0 Å². The van der Waals surface area contributed by atoms with Gasteiger partial charge in [0.25, 0.3) is 0 Å². The molecular weight excluding hydrogens is 457 g/mol. The average molecular weight is 476 g/mol. The highest BCUT2D eigenvalue weighted by Gasteiger charge is 2.16. The number of nitrogens with one attached hydrogen (secondary N) is 1. The molecule has 0 amide bonds. The number of aromatic nitrogens is 2. The molecule has 5 nitrogen and oxygen atoms in total. The Bertz CT molecular complexity index is 1520. The average Bonchev–Trinajstić information content (AvgIpc) is 3.28. The Morgan fingerprint density at radius 3 is 2.27 bits per heavy atom. The summed E-state index contributed by atoms with van der Waals surface area (Å²) in [6.45, 7) is 0.221. The summed E-state index contributed by atoms with van der Waals surface area (Å²) < 4.78 is 42.2. The molecule has 0 saturated heterocycles. The van der Waals surface area contributed by atoms with Crippen molar-refractivity contribution in [3.63, 3.8) is 0 Å². The third kappa shape index (κ3) is 4.54. The van der Waals surface area contributed by atoms with E-state index in [1.54, 1.807) is 36.4 Å². The minimum absolute atomic E-state index is 0.186. The Kier molecular flexibility index (Phi) is 5.72. The van der Waals surface area contributed by atoms with E-state index in [2.05, 4.69) is 14.7 Å². The van der Waals surface area contributed by atoms with E-state index in [1.165, 1.54) is 29.8 Å². The molecule has 2 heterocycles. The van der Waals surface area contributed by atoms with Gasteiger partial charge in [-0.25, -0.2) is 27.5 Å². The molecule has 5 aromatic rings. The Balaban J connectivity index is 1.43. The van der Waals surface area contributed by atoms with Gasteiger partial charge in [-0.2, -0.15) is 0 Å². The van der Waals surface area contributed by atoms with Crippen molar-refractivity contribution >= 4 is 31.6 Å². The van der Waals surface area contributed by atoms with Gasteiger partial charge in [0, 0.05) is 17.0 Å². The fourth-order valence-electron chi connectivity index (χ4n) is 3.47. The van der Waals surface area contributed by atoms with Crippen LogP contribution in [-0.2, 0) is 16.6 Å². The molecule has 0 aliphatic carbocycles. The Hall–Kier alpha value is -3.46. The van der Waals surface area contributed by atoms with Crippen LogP contribution in [-0.4, -0.2) is 18.4 Å². The van der Waals surface area contributed by atoms with Crippen LogP contribution in [0.3, 0.4) is 0 Å². The van der Waals surface area contributed by atoms with Crippen LogP contribution in [0.1, 0.15) is 5.56 Å². The summed E-state index contributed by atoms with van der Waals surface area (Å²) in [6, 6.07) is 24.3. The summed E-state index contributed by atoms with van der Waals surface area (Å²) in [5, 5.41) is 0. The molecule has 164 valence electrons. The van der Waals surface area contributed by atoms with E-state index < -0.39 is 10.0 Å². The Morgan fingerprint density at radius 1 is 0.848 bits per heavy atom. The minimum atomic E-state index is -3.65. The number of benzene rings is 3. The lowest BCUT2D eigenvalue weighted by molar-refractivity contribution is 0.581. The van der Waals surface area contributed by atoms with Crippen LogP contribution >= 0.6 is 11.3 Å². The van der Waals surface area contributed by atoms with Crippen LogP contribution in [0.4, 0.5) is 4.39 Å². The summed E-state index contributed by atoms with van der Waals surface area (Å²) >= 11 is 1.52. The number of halogens is 1. The van der Waals surface area contributed by atoms with Gasteiger partial charge in [0.05, 0.1) is 20.8 Å². The predicted octanol–water partition coefficient (Wildman–Crippen LogP) is 5.64. The van der Waals surface area contributed by atoms with E-state index in [9.17, 15) is 12.8 Å². The molecular formula is C25H18FN3O2S2. The normalized spacial score (nSPS) is 11.7. The second-order valence-corrected chi connectivity index (χ2v) is 10.2. The van der Waals surface area contributed by atoms with Gasteiger partial charge in [0.2, 0.25) is 10.0 Å². The summed E-state index contributed by atoms with van der Waals surface area (Å²) in [5.74, 6) is -0.284. The standard InChI is InChI=1S/C25H18FN3O2S2/c26-20-10-6-18(7-11-20)23-14-22-25(32-23)24(28-16-27-22)19-8-12-21(13-9-19)33(30,31)29-15-17-4-2-1-3-5-17/h1-14,16,29H,15H2. The van der Waals surface area contributed by atoms with E-state index in [1.807, 2.05) is 36.4 Å². The van der Waals surface area contributed by atoms with E-state index in [-0.39, 0.29) is 17.3 Å². The second kappa shape index (κ2) is 8.82. The lowest BCUT2D eigenvalue weighted by Crippen LogP contribution is -2.23. The van der Waals surface area contributed by atoms with Crippen LogP contribution in [0.15, 0.2) is 96.2 Å². The third-order valence-corrected chi connectivity index (χ3v) is 7.78. The first-order chi connectivity index (χ1) is 16.0. The minimum Gasteiger partial charge on any atom is -0.235 e. The van der Waals surface area contributed by atoms with Crippen LogP contribution < -0.4 is 4.72 Å². The number of fused-ring (bicyclic) bond motifs is 1. The van der Waals surface area contributed by atoms with E-state index >= 15 is 0 Å². The fourth-order valence-corrected chi connectivity index (χ4v) is 5.61. The van der Waals surface area contributed by atoms with Gasteiger partial charge < -0.3 is 0 Å². The zero-order valence-electron chi connectivity index (χ0n) is 17.3. The third-order valence-electron chi connectivity index (χ3n) is 5.19. The molecule has 5 rings (SSSR count). The summed E-state index contributed by atoms with van der Waals surface area (Å²) in [6.07, 6.45) is 1.49. The fraction of sp³-hybridized carbons (Fsp3) is 0.0400. The first-order valence-corrected chi connectivity index (χ1v) is 12.4. The van der Waals surface area contributed by atoms with Crippen molar-refractivity contribution in [2.24, 2.45) is 0 Å². The highest BCUT2D eigenvalue weighted by atomic mass is 32.2. The SMILES string of the molecule is O=S(=O)(NCc1ccccc1)c1ccc(-c2ncnc3cc(-c4ccc(F)cc4)sc23)cc1. The van der Waals surface area contributed by atoms with Crippen LogP contribution in [0.2, 0.25) is 0 Å². The van der Waals surface area contributed by atoms with Crippen molar-refractivity contribution in [2.75, 3.05) is 0 Å². The van der Waals surface area contributed by atoms with Crippen molar-refractivity contribution in [1.29, 1.82) is 0 Å². The molecule has 1 N–H and O–H groups in total. The highest BCUT2D eigenvalue weighted by Crippen LogP contribution is 2.37. The lowest BCUT2D eigenvalue weighted by atomic mass is 10.1. The van der Waals surface area contributed by atoms with Gasteiger partial charge in [-0.05, 0) is 41.5 Å². The molecule has 0 spiro atoms. The first-order valence-electron chi connectivity index (χ1n) is 10.1. The molecule has 0 aliphatic rings. The Morgan fingerprint density at radius 2 is 1.55 bits per heavy atom. The zero-order chi connectivity index (χ0) is 22.8. The van der Waals surface area contributed by atoms with Crippen LogP contribution in [0.25, 0.3) is 31.9 Å². The number of nitrogens with zero attached hydrogens (tertiary/aromatic N) is 2. The van der Waals surface area contributed by atoms with Crippen molar-refractivity contribution in [3.05, 3.63) is 103 Å². The molecule has 0 radical (unpaired) electrons. The van der Waals surface area contributed by atoms with Gasteiger partial charge in [-0.15, -0.1) is 11.3 Å². The largest absolute Gasteiger partial charge is 0.240 e. The molecule has 33 heavy (non-hydrogen) atoms. The predicted molar refractivity (Wildman–Crippen MR) is 129 cm³/mol. The van der Waals surface area contributed by atoms with Gasteiger partial charge in [-0.1, -0.05) is 54.6 Å². The maximum Gasteiger partial charge on any atom is 0.240 e. The molecule has 0 fully saturated rings. The molecule has 0 unspecified atom stereocenters. The van der Waals surface area contributed by atoms with Crippen molar-refractivity contribution in [2.45, 2.75) is 11.4 Å². The van der Waals surface area contributed by atoms with E-state index in [0.717, 1.165) is 37.5 Å². The van der Waals surface area contributed by atoms with E-state index in [4.69, 9.17) is 0 Å². The van der Waals surface area contributed by atoms with Crippen LogP contribution in [0, 0.1) is 5.82 Å². The molecule has 0 bridgehead atoms. The maximum absolute atomic E-state index is 13.3. The molecule has 0 atom stereocenters. The number of thiophene rings is 1. The zero-order valence-corrected chi connectivity index (χ0v) is 18.9. The number of rotatable bonds is 6. The molecule has 3 aromatic carbocycles. The Labute approximate surface area is 194 Å². The molecule has 0 saturated carbocycles. The lowest BCUT2D eigenvalue weighted by Gasteiger charge is -2.08.